The molecule has 156 valence electrons. The average Bonchev–Trinajstić information content (AvgIpc) is 2.70. The zero-order chi connectivity index (χ0) is 21.2. The highest BCUT2D eigenvalue weighted by Gasteiger charge is 2.34. The van der Waals surface area contributed by atoms with Crippen molar-refractivity contribution >= 4 is 56.4 Å². The van der Waals surface area contributed by atoms with Crippen LogP contribution in [0.25, 0.3) is 0 Å². The van der Waals surface area contributed by atoms with Gasteiger partial charge in [-0.25, -0.2) is 8.42 Å². The molecular weight excluding hydrogens is 459 g/mol. The van der Waals surface area contributed by atoms with Gasteiger partial charge in [0, 0.05) is 23.1 Å². The number of amides is 1. The summed E-state index contributed by atoms with van der Waals surface area (Å²) < 4.78 is 32.6. The number of hydrogen-bond donors (Lipinski definition) is 1. The fourth-order valence-electron chi connectivity index (χ4n) is 3.20. The van der Waals surface area contributed by atoms with E-state index in [0.717, 1.165) is 0 Å². The van der Waals surface area contributed by atoms with Crippen LogP contribution in [0.5, 0.6) is 5.75 Å². The van der Waals surface area contributed by atoms with Crippen molar-refractivity contribution in [3.63, 3.8) is 0 Å². The highest BCUT2D eigenvalue weighted by atomic mass is 35.5. The van der Waals surface area contributed by atoms with Crippen molar-refractivity contribution in [1.82, 2.24) is 4.31 Å². The number of nitrogens with zero attached hydrogens (tertiary/aromatic N) is 1. The molecule has 1 unspecified atom stereocenters. The average molecular weight is 478 g/mol. The monoisotopic (exact) mass is 476 g/mol. The number of carbonyl (C=O) groups excluding carboxylic acids is 1. The molecule has 2 aromatic rings. The van der Waals surface area contributed by atoms with E-state index in [-0.39, 0.29) is 27.4 Å². The minimum absolute atomic E-state index is 0.0416. The molecule has 1 aliphatic heterocycles. The Balaban J connectivity index is 1.79. The molecule has 2 aromatic carbocycles. The lowest BCUT2D eigenvalue weighted by molar-refractivity contribution is -0.120. The standard InChI is InChI=1S/C19H19Cl3N2O4S/c1-28-17-7-5-13(20)9-16(17)23-19(25)12-3-2-8-24(11-12)29(26,27)18-10-14(21)4-6-15(18)22/h4-7,9-10,12H,2-3,8,11H2,1H3,(H,23,25). The van der Waals surface area contributed by atoms with Gasteiger partial charge in [-0.05, 0) is 49.2 Å². The summed E-state index contributed by atoms with van der Waals surface area (Å²) >= 11 is 18.0. The van der Waals surface area contributed by atoms with Crippen LogP contribution < -0.4 is 10.1 Å². The number of nitrogens with one attached hydrogen (secondary N) is 1. The third-order valence-corrected chi connectivity index (χ3v) is 7.50. The molecule has 1 aliphatic rings. The van der Waals surface area contributed by atoms with E-state index in [0.29, 0.717) is 35.8 Å². The first-order valence-corrected chi connectivity index (χ1v) is 11.4. The third-order valence-electron chi connectivity index (χ3n) is 4.69. The van der Waals surface area contributed by atoms with Gasteiger partial charge in [0.05, 0.1) is 23.7 Å². The molecule has 1 atom stereocenters. The minimum Gasteiger partial charge on any atom is -0.495 e. The number of anilines is 1. The van der Waals surface area contributed by atoms with Crippen LogP contribution in [0.3, 0.4) is 0 Å². The smallest absolute Gasteiger partial charge is 0.244 e. The maximum Gasteiger partial charge on any atom is 0.244 e. The van der Waals surface area contributed by atoms with E-state index in [1.807, 2.05) is 0 Å². The van der Waals surface area contributed by atoms with Crippen LogP contribution in [0.1, 0.15) is 12.8 Å². The molecule has 1 N–H and O–H groups in total. The minimum atomic E-state index is -3.88. The Bertz CT molecular complexity index is 1030. The predicted molar refractivity (Wildman–Crippen MR) is 115 cm³/mol. The number of sulfonamides is 1. The van der Waals surface area contributed by atoms with Gasteiger partial charge in [-0.1, -0.05) is 34.8 Å². The van der Waals surface area contributed by atoms with Gasteiger partial charge in [0.2, 0.25) is 15.9 Å². The molecule has 0 saturated carbocycles. The van der Waals surface area contributed by atoms with Crippen LogP contribution >= 0.6 is 34.8 Å². The van der Waals surface area contributed by atoms with Gasteiger partial charge < -0.3 is 10.1 Å². The second-order valence-electron chi connectivity index (χ2n) is 6.61. The molecule has 10 heteroatoms. The molecule has 1 amide bonds. The van der Waals surface area contributed by atoms with Crippen LogP contribution in [0, 0.1) is 5.92 Å². The van der Waals surface area contributed by atoms with Crippen molar-refractivity contribution in [1.29, 1.82) is 0 Å². The number of rotatable bonds is 5. The van der Waals surface area contributed by atoms with Crippen LogP contribution in [-0.4, -0.2) is 38.8 Å². The largest absolute Gasteiger partial charge is 0.495 e. The molecule has 6 nitrogen and oxygen atoms in total. The van der Waals surface area contributed by atoms with Crippen LogP contribution in [0.15, 0.2) is 41.3 Å². The summed E-state index contributed by atoms with van der Waals surface area (Å²) in [7, 11) is -2.39. The first kappa shape index (κ1) is 22.2. The molecule has 0 bridgehead atoms. The van der Waals surface area contributed by atoms with Gasteiger partial charge >= 0.3 is 0 Å². The lowest BCUT2D eigenvalue weighted by atomic mass is 9.98. The zero-order valence-electron chi connectivity index (χ0n) is 15.5. The first-order valence-electron chi connectivity index (χ1n) is 8.82. The van der Waals surface area contributed by atoms with Crippen molar-refractivity contribution in [3.8, 4) is 5.75 Å². The number of piperidine rings is 1. The second-order valence-corrected chi connectivity index (χ2v) is 9.80. The number of halogens is 3. The van der Waals surface area contributed by atoms with E-state index in [2.05, 4.69) is 5.32 Å². The number of carbonyl (C=O) groups is 1. The van der Waals surface area contributed by atoms with Crippen molar-refractivity contribution in [3.05, 3.63) is 51.5 Å². The maximum atomic E-state index is 13.0. The molecule has 0 spiro atoms. The Kier molecular flexibility index (Phi) is 6.96. The van der Waals surface area contributed by atoms with Crippen molar-refractivity contribution in [2.75, 3.05) is 25.5 Å². The second kappa shape index (κ2) is 9.10. The molecule has 0 aromatic heterocycles. The predicted octanol–water partition coefficient (Wildman–Crippen LogP) is 4.69. The quantitative estimate of drug-likeness (QED) is 0.677. The van der Waals surface area contributed by atoms with Gasteiger partial charge in [0.15, 0.2) is 0 Å². The molecule has 3 rings (SSSR count). The van der Waals surface area contributed by atoms with Crippen LogP contribution in [-0.2, 0) is 14.8 Å². The number of benzene rings is 2. The molecule has 1 heterocycles. The van der Waals surface area contributed by atoms with E-state index in [1.165, 1.54) is 29.6 Å². The van der Waals surface area contributed by atoms with E-state index in [9.17, 15) is 13.2 Å². The highest BCUT2D eigenvalue weighted by molar-refractivity contribution is 7.89. The van der Waals surface area contributed by atoms with E-state index in [1.54, 1.807) is 18.2 Å². The molecule has 1 fully saturated rings. The SMILES string of the molecule is COc1ccc(Cl)cc1NC(=O)C1CCCN(S(=O)(=O)c2cc(Cl)ccc2Cl)C1. The Hall–Kier alpha value is -1.51. The Labute approximate surface area is 184 Å². The summed E-state index contributed by atoms with van der Waals surface area (Å²) in [5, 5.41) is 3.59. The number of ether oxygens (including phenoxy) is 1. The van der Waals surface area contributed by atoms with E-state index >= 15 is 0 Å². The highest BCUT2D eigenvalue weighted by Crippen LogP contribution is 2.32. The van der Waals surface area contributed by atoms with Crippen molar-refractivity contribution in [2.45, 2.75) is 17.7 Å². The van der Waals surface area contributed by atoms with Gasteiger partial charge in [0.25, 0.3) is 0 Å². The molecule has 29 heavy (non-hydrogen) atoms. The zero-order valence-corrected chi connectivity index (χ0v) is 18.6. The number of hydrogen-bond acceptors (Lipinski definition) is 4. The van der Waals surface area contributed by atoms with Crippen LogP contribution in [0.2, 0.25) is 15.1 Å². The Morgan fingerprint density at radius 2 is 1.83 bits per heavy atom. The van der Waals surface area contributed by atoms with Crippen molar-refractivity contribution in [2.24, 2.45) is 5.92 Å². The van der Waals surface area contributed by atoms with Crippen molar-refractivity contribution < 1.29 is 17.9 Å². The molecule has 0 radical (unpaired) electrons. The summed E-state index contributed by atoms with van der Waals surface area (Å²) in [6, 6.07) is 9.17. The number of methoxy groups -OCH3 is 1. The van der Waals surface area contributed by atoms with E-state index in [4.69, 9.17) is 39.5 Å². The summed E-state index contributed by atoms with van der Waals surface area (Å²) in [6.07, 6.45) is 1.10. The maximum absolute atomic E-state index is 13.0. The first-order chi connectivity index (χ1) is 13.7. The van der Waals surface area contributed by atoms with Gasteiger partial charge in [-0.3, -0.25) is 4.79 Å². The summed E-state index contributed by atoms with van der Waals surface area (Å²) in [5.41, 5.74) is 0.433. The lowest BCUT2D eigenvalue weighted by Crippen LogP contribution is -2.43. The van der Waals surface area contributed by atoms with Gasteiger partial charge in [-0.15, -0.1) is 0 Å². The fourth-order valence-corrected chi connectivity index (χ4v) is 5.63. The normalized spacial score (nSPS) is 17.7. The summed E-state index contributed by atoms with van der Waals surface area (Å²) in [5.74, 6) is -0.364. The third kappa shape index (κ3) is 4.98. The van der Waals surface area contributed by atoms with Gasteiger partial charge in [-0.2, -0.15) is 4.31 Å². The Morgan fingerprint density at radius 3 is 2.55 bits per heavy atom. The molecule has 1 saturated heterocycles. The molecule has 0 aliphatic carbocycles. The van der Waals surface area contributed by atoms with Gasteiger partial charge in [0.1, 0.15) is 10.6 Å². The topological polar surface area (TPSA) is 75.7 Å². The van der Waals surface area contributed by atoms with Crippen LogP contribution in [0.4, 0.5) is 5.69 Å². The fraction of sp³-hybridized carbons (Fsp3) is 0.316. The Morgan fingerprint density at radius 1 is 1.14 bits per heavy atom. The molecular formula is C19H19Cl3N2O4S. The summed E-state index contributed by atoms with van der Waals surface area (Å²) in [6.45, 7) is 0.343. The lowest BCUT2D eigenvalue weighted by Gasteiger charge is -2.31. The van der Waals surface area contributed by atoms with E-state index < -0.39 is 15.9 Å². The summed E-state index contributed by atoms with van der Waals surface area (Å²) in [4.78, 5) is 12.7.